The first kappa shape index (κ1) is 16.0. The third-order valence-corrected chi connectivity index (χ3v) is 4.29. The number of alkyl halides is 3. The standard InChI is InChI=1S/C18H19F3N2/c19-18(20,21)17-5-2-13(3-6-17)11-23-8-7-15-4-1-14(10-22)9-16(15)12-23/h1-6,9H,7-8,10-12,22H2. The lowest BCUT2D eigenvalue weighted by Gasteiger charge is -2.29. The Kier molecular flexibility index (Phi) is 4.41. The van der Waals surface area contributed by atoms with Crippen LogP contribution in [-0.4, -0.2) is 11.4 Å². The van der Waals surface area contributed by atoms with Gasteiger partial charge in [0.25, 0.3) is 0 Å². The lowest BCUT2D eigenvalue weighted by molar-refractivity contribution is -0.137. The zero-order valence-corrected chi connectivity index (χ0v) is 12.7. The molecule has 2 aromatic rings. The van der Waals surface area contributed by atoms with Crippen LogP contribution in [0.25, 0.3) is 0 Å². The molecule has 0 aromatic heterocycles. The van der Waals surface area contributed by atoms with Crippen molar-refractivity contribution >= 4 is 0 Å². The summed E-state index contributed by atoms with van der Waals surface area (Å²) in [5.41, 5.74) is 9.70. The van der Waals surface area contributed by atoms with Gasteiger partial charge in [0.2, 0.25) is 0 Å². The monoisotopic (exact) mass is 320 g/mol. The SMILES string of the molecule is NCc1ccc2c(c1)CN(Cc1ccc(C(F)(F)F)cc1)CC2. The normalized spacial score (nSPS) is 15.5. The molecule has 1 aliphatic heterocycles. The van der Waals surface area contributed by atoms with Crippen molar-refractivity contribution in [3.8, 4) is 0 Å². The van der Waals surface area contributed by atoms with E-state index in [9.17, 15) is 13.2 Å². The van der Waals surface area contributed by atoms with Crippen molar-refractivity contribution in [2.45, 2.75) is 32.2 Å². The van der Waals surface area contributed by atoms with Crippen LogP contribution >= 0.6 is 0 Å². The number of nitrogens with two attached hydrogens (primary N) is 1. The summed E-state index contributed by atoms with van der Waals surface area (Å²) < 4.78 is 37.8. The van der Waals surface area contributed by atoms with Gasteiger partial charge in [-0.3, -0.25) is 4.90 Å². The summed E-state index contributed by atoms with van der Waals surface area (Å²) in [5, 5.41) is 0. The summed E-state index contributed by atoms with van der Waals surface area (Å²) in [5.74, 6) is 0. The highest BCUT2D eigenvalue weighted by Crippen LogP contribution is 2.29. The van der Waals surface area contributed by atoms with Crippen LogP contribution in [0, 0.1) is 0 Å². The first-order chi connectivity index (χ1) is 11.0. The Morgan fingerprint density at radius 2 is 1.65 bits per heavy atom. The average Bonchev–Trinajstić information content (AvgIpc) is 2.54. The zero-order valence-electron chi connectivity index (χ0n) is 12.7. The molecular formula is C18H19F3N2. The fourth-order valence-electron chi connectivity index (χ4n) is 2.99. The summed E-state index contributed by atoms with van der Waals surface area (Å²) in [4.78, 5) is 2.26. The quantitative estimate of drug-likeness (QED) is 0.934. The van der Waals surface area contributed by atoms with Crippen molar-refractivity contribution in [1.82, 2.24) is 4.90 Å². The Morgan fingerprint density at radius 3 is 2.30 bits per heavy atom. The molecule has 0 unspecified atom stereocenters. The van der Waals surface area contributed by atoms with Gasteiger partial charge in [-0.2, -0.15) is 13.2 Å². The number of halogens is 3. The van der Waals surface area contributed by atoms with Gasteiger partial charge in [-0.15, -0.1) is 0 Å². The fourth-order valence-corrected chi connectivity index (χ4v) is 2.99. The Bertz CT molecular complexity index is 678. The van der Waals surface area contributed by atoms with Crippen molar-refractivity contribution in [2.24, 2.45) is 5.73 Å². The van der Waals surface area contributed by atoms with Crippen LogP contribution in [0.3, 0.4) is 0 Å². The number of rotatable bonds is 3. The maximum atomic E-state index is 12.6. The highest BCUT2D eigenvalue weighted by molar-refractivity contribution is 5.34. The molecule has 0 saturated heterocycles. The smallest absolute Gasteiger partial charge is 0.326 e. The van der Waals surface area contributed by atoms with Gasteiger partial charge in [0.05, 0.1) is 5.56 Å². The summed E-state index contributed by atoms with van der Waals surface area (Å²) in [6.45, 7) is 2.90. The van der Waals surface area contributed by atoms with Gasteiger partial charge in [0.1, 0.15) is 0 Å². The Morgan fingerprint density at radius 1 is 0.957 bits per heavy atom. The predicted octanol–water partition coefficient (Wildman–Crippen LogP) is 3.72. The van der Waals surface area contributed by atoms with Gasteiger partial charge in [-0.1, -0.05) is 30.3 Å². The number of fused-ring (bicyclic) bond motifs is 1. The highest BCUT2D eigenvalue weighted by atomic mass is 19.4. The van der Waals surface area contributed by atoms with E-state index < -0.39 is 11.7 Å². The largest absolute Gasteiger partial charge is 0.416 e. The second kappa shape index (κ2) is 6.34. The molecule has 2 nitrogen and oxygen atoms in total. The van der Waals surface area contributed by atoms with Crippen molar-refractivity contribution in [3.63, 3.8) is 0 Å². The molecule has 0 saturated carbocycles. The van der Waals surface area contributed by atoms with Crippen LogP contribution < -0.4 is 5.73 Å². The highest BCUT2D eigenvalue weighted by Gasteiger charge is 2.30. The van der Waals surface area contributed by atoms with E-state index in [1.165, 1.54) is 11.1 Å². The number of hydrogen-bond acceptors (Lipinski definition) is 2. The molecule has 0 spiro atoms. The third-order valence-electron chi connectivity index (χ3n) is 4.29. The van der Waals surface area contributed by atoms with E-state index in [0.717, 1.165) is 42.8 Å². The molecule has 23 heavy (non-hydrogen) atoms. The minimum Gasteiger partial charge on any atom is -0.326 e. The van der Waals surface area contributed by atoms with Crippen molar-refractivity contribution < 1.29 is 13.2 Å². The Labute approximate surface area is 133 Å². The van der Waals surface area contributed by atoms with Crippen LogP contribution in [0.2, 0.25) is 0 Å². The molecule has 122 valence electrons. The van der Waals surface area contributed by atoms with Gasteiger partial charge in [-0.25, -0.2) is 0 Å². The van der Waals surface area contributed by atoms with Crippen LogP contribution in [0.1, 0.15) is 27.8 Å². The molecule has 5 heteroatoms. The third kappa shape index (κ3) is 3.74. The van der Waals surface area contributed by atoms with Crippen LogP contribution in [0.15, 0.2) is 42.5 Å². The van der Waals surface area contributed by atoms with Gasteiger partial charge < -0.3 is 5.73 Å². The Hall–Kier alpha value is -1.85. The minimum atomic E-state index is -4.28. The summed E-state index contributed by atoms with van der Waals surface area (Å²) in [6, 6.07) is 11.8. The van der Waals surface area contributed by atoms with E-state index in [-0.39, 0.29) is 0 Å². The number of nitrogens with zero attached hydrogens (tertiary/aromatic N) is 1. The second-order valence-electron chi connectivity index (χ2n) is 5.96. The van der Waals surface area contributed by atoms with E-state index >= 15 is 0 Å². The van der Waals surface area contributed by atoms with E-state index in [2.05, 4.69) is 23.1 Å². The average molecular weight is 320 g/mol. The molecular weight excluding hydrogens is 301 g/mol. The molecule has 0 atom stereocenters. The number of hydrogen-bond donors (Lipinski definition) is 1. The van der Waals surface area contributed by atoms with Crippen molar-refractivity contribution in [2.75, 3.05) is 6.54 Å². The summed E-state index contributed by atoms with van der Waals surface area (Å²) >= 11 is 0. The topological polar surface area (TPSA) is 29.3 Å². The van der Waals surface area contributed by atoms with E-state index in [4.69, 9.17) is 5.73 Å². The molecule has 1 heterocycles. The van der Waals surface area contributed by atoms with Gasteiger partial charge >= 0.3 is 6.18 Å². The van der Waals surface area contributed by atoms with Crippen molar-refractivity contribution in [3.05, 3.63) is 70.3 Å². The fraction of sp³-hybridized carbons (Fsp3) is 0.333. The maximum absolute atomic E-state index is 12.6. The zero-order chi connectivity index (χ0) is 16.4. The molecule has 0 fully saturated rings. The molecule has 0 radical (unpaired) electrons. The van der Waals surface area contributed by atoms with Gasteiger partial charge in [-0.05, 0) is 40.8 Å². The second-order valence-corrected chi connectivity index (χ2v) is 5.96. The predicted molar refractivity (Wildman–Crippen MR) is 83.6 cm³/mol. The van der Waals surface area contributed by atoms with E-state index in [1.807, 2.05) is 0 Å². The van der Waals surface area contributed by atoms with Gasteiger partial charge in [0, 0.05) is 26.2 Å². The molecule has 0 aliphatic carbocycles. The number of benzene rings is 2. The summed E-state index contributed by atoms with van der Waals surface area (Å²) in [6.07, 6.45) is -3.32. The maximum Gasteiger partial charge on any atom is 0.416 e. The van der Waals surface area contributed by atoms with Crippen LogP contribution in [0.5, 0.6) is 0 Å². The van der Waals surface area contributed by atoms with E-state index in [0.29, 0.717) is 13.1 Å². The first-order valence-corrected chi connectivity index (χ1v) is 7.65. The summed E-state index contributed by atoms with van der Waals surface area (Å²) in [7, 11) is 0. The van der Waals surface area contributed by atoms with Crippen LogP contribution in [-0.2, 0) is 32.2 Å². The first-order valence-electron chi connectivity index (χ1n) is 7.65. The molecule has 0 amide bonds. The molecule has 2 N–H and O–H groups in total. The molecule has 2 aromatic carbocycles. The molecule has 1 aliphatic rings. The molecule has 3 rings (SSSR count). The van der Waals surface area contributed by atoms with Gasteiger partial charge in [0.15, 0.2) is 0 Å². The van der Waals surface area contributed by atoms with Crippen LogP contribution in [0.4, 0.5) is 13.2 Å². The lowest BCUT2D eigenvalue weighted by atomic mass is 9.97. The van der Waals surface area contributed by atoms with Crippen molar-refractivity contribution in [1.29, 1.82) is 0 Å². The van der Waals surface area contributed by atoms with E-state index in [1.54, 1.807) is 12.1 Å². The Balaban J connectivity index is 1.69. The minimum absolute atomic E-state index is 0.520. The lowest BCUT2D eigenvalue weighted by Crippen LogP contribution is -2.30. The molecule has 0 bridgehead atoms.